The molecular weight excluding hydrogens is 250 g/mol. The van der Waals surface area contributed by atoms with E-state index >= 15 is 0 Å². The van der Waals surface area contributed by atoms with Crippen molar-refractivity contribution >= 4 is 11.3 Å². The Morgan fingerprint density at radius 3 is 2.67 bits per heavy atom. The fraction of sp³-hybridized carbons (Fsp3) is 0.333. The second-order valence-corrected chi connectivity index (χ2v) is 4.53. The lowest BCUT2D eigenvalue weighted by Gasteiger charge is -2.05. The van der Waals surface area contributed by atoms with Crippen molar-refractivity contribution in [2.75, 3.05) is 20.3 Å². The number of nitrogens with zero attached hydrogens (tertiary/aromatic N) is 2. The van der Waals surface area contributed by atoms with E-state index in [1.807, 2.05) is 37.4 Å². The number of hydrogen-bond acceptors (Lipinski definition) is 6. The van der Waals surface area contributed by atoms with Crippen molar-refractivity contribution in [3.63, 3.8) is 0 Å². The van der Waals surface area contributed by atoms with E-state index in [9.17, 15) is 0 Å². The summed E-state index contributed by atoms with van der Waals surface area (Å²) in [5, 5.41) is 12.4. The molecule has 1 aromatic heterocycles. The van der Waals surface area contributed by atoms with Crippen molar-refractivity contribution in [1.82, 2.24) is 15.5 Å². The first kappa shape index (κ1) is 12.8. The van der Waals surface area contributed by atoms with Crippen LogP contribution in [0.15, 0.2) is 30.3 Å². The average Bonchev–Trinajstić information content (AvgIpc) is 2.84. The molecule has 0 spiro atoms. The van der Waals surface area contributed by atoms with Gasteiger partial charge in [0.1, 0.15) is 24.0 Å². The number of nitrogens with one attached hydrogen (secondary N) is 1. The summed E-state index contributed by atoms with van der Waals surface area (Å²) in [6.45, 7) is 1.66. The molecule has 1 N–H and O–H groups in total. The first-order chi connectivity index (χ1) is 8.88. The van der Waals surface area contributed by atoms with E-state index in [0.29, 0.717) is 25.0 Å². The maximum Gasteiger partial charge on any atom is 0.294 e. The van der Waals surface area contributed by atoms with Gasteiger partial charge < -0.3 is 14.8 Å². The highest BCUT2D eigenvalue weighted by Crippen LogP contribution is 2.17. The fourth-order valence-corrected chi connectivity index (χ4v) is 2.05. The molecule has 5 nitrogen and oxygen atoms in total. The molecule has 2 rings (SSSR count). The molecule has 6 heteroatoms. The zero-order valence-electron chi connectivity index (χ0n) is 10.1. The van der Waals surface area contributed by atoms with Crippen molar-refractivity contribution < 1.29 is 9.47 Å². The molecule has 18 heavy (non-hydrogen) atoms. The van der Waals surface area contributed by atoms with E-state index in [0.717, 1.165) is 10.8 Å². The smallest absolute Gasteiger partial charge is 0.294 e. The molecule has 0 aliphatic heterocycles. The van der Waals surface area contributed by atoms with Crippen LogP contribution in [-0.2, 0) is 6.54 Å². The van der Waals surface area contributed by atoms with Gasteiger partial charge in [0.25, 0.3) is 5.19 Å². The summed E-state index contributed by atoms with van der Waals surface area (Å²) < 4.78 is 10.9. The van der Waals surface area contributed by atoms with Gasteiger partial charge in [0.05, 0.1) is 0 Å². The lowest BCUT2D eigenvalue weighted by molar-refractivity contribution is 0.215. The van der Waals surface area contributed by atoms with Gasteiger partial charge in [-0.25, -0.2) is 0 Å². The number of benzene rings is 1. The van der Waals surface area contributed by atoms with Gasteiger partial charge >= 0.3 is 0 Å². The summed E-state index contributed by atoms with van der Waals surface area (Å²) >= 11 is 1.44. The van der Waals surface area contributed by atoms with Gasteiger partial charge in [-0.15, -0.1) is 10.2 Å². The van der Waals surface area contributed by atoms with Gasteiger partial charge in [0.15, 0.2) is 0 Å². The summed E-state index contributed by atoms with van der Waals surface area (Å²) in [7, 11) is 1.87. The molecule has 0 atom stereocenters. The summed E-state index contributed by atoms with van der Waals surface area (Å²) in [6.07, 6.45) is 0. The normalized spacial score (nSPS) is 10.3. The Kier molecular flexibility index (Phi) is 4.92. The number of para-hydroxylation sites is 1. The van der Waals surface area contributed by atoms with Crippen LogP contribution >= 0.6 is 11.3 Å². The van der Waals surface area contributed by atoms with Crippen molar-refractivity contribution in [3.05, 3.63) is 35.3 Å². The van der Waals surface area contributed by atoms with Crippen LogP contribution in [0.3, 0.4) is 0 Å². The van der Waals surface area contributed by atoms with E-state index in [2.05, 4.69) is 15.5 Å². The number of rotatable bonds is 7. The van der Waals surface area contributed by atoms with Crippen LogP contribution in [0.5, 0.6) is 10.9 Å². The second kappa shape index (κ2) is 6.93. The van der Waals surface area contributed by atoms with Gasteiger partial charge in [-0.05, 0) is 19.2 Å². The Bertz CT molecular complexity index is 461. The maximum absolute atomic E-state index is 5.50. The zero-order chi connectivity index (χ0) is 12.6. The molecular formula is C12H15N3O2S. The van der Waals surface area contributed by atoms with Crippen molar-refractivity contribution in [1.29, 1.82) is 0 Å². The Labute approximate surface area is 110 Å². The first-order valence-electron chi connectivity index (χ1n) is 5.66. The topological polar surface area (TPSA) is 56.3 Å². The molecule has 0 radical (unpaired) electrons. The SMILES string of the molecule is CNCc1nnc(OCCOc2ccccc2)s1. The van der Waals surface area contributed by atoms with Crippen LogP contribution in [0.2, 0.25) is 0 Å². The standard InChI is InChI=1S/C12H15N3O2S/c1-13-9-11-14-15-12(18-11)17-8-7-16-10-5-3-2-4-6-10/h2-6,13H,7-9H2,1H3. The third kappa shape index (κ3) is 3.97. The predicted octanol–water partition coefficient (Wildman–Crippen LogP) is 1.72. The largest absolute Gasteiger partial charge is 0.490 e. The Hall–Kier alpha value is -1.66. The lowest BCUT2D eigenvalue weighted by atomic mass is 10.3. The van der Waals surface area contributed by atoms with E-state index in [1.54, 1.807) is 0 Å². The monoisotopic (exact) mass is 265 g/mol. The summed E-state index contributed by atoms with van der Waals surface area (Å²) in [5.74, 6) is 0.842. The zero-order valence-corrected chi connectivity index (χ0v) is 10.9. The van der Waals surface area contributed by atoms with Crippen LogP contribution < -0.4 is 14.8 Å². The van der Waals surface area contributed by atoms with Crippen molar-refractivity contribution in [2.45, 2.75) is 6.54 Å². The molecule has 0 amide bonds. The molecule has 96 valence electrons. The average molecular weight is 265 g/mol. The number of ether oxygens (including phenoxy) is 2. The summed E-state index contributed by atoms with van der Waals surface area (Å²) in [5.41, 5.74) is 0. The minimum atomic E-state index is 0.461. The predicted molar refractivity (Wildman–Crippen MR) is 70.1 cm³/mol. The molecule has 0 bridgehead atoms. The van der Waals surface area contributed by atoms with Gasteiger partial charge in [-0.2, -0.15) is 0 Å². The first-order valence-corrected chi connectivity index (χ1v) is 6.48. The van der Waals surface area contributed by atoms with Crippen LogP contribution in [0, 0.1) is 0 Å². The molecule has 2 aromatic rings. The Morgan fingerprint density at radius 1 is 1.11 bits per heavy atom. The van der Waals surface area contributed by atoms with Crippen LogP contribution in [0.1, 0.15) is 5.01 Å². The molecule has 0 aliphatic carbocycles. The molecule has 0 saturated carbocycles. The maximum atomic E-state index is 5.50. The third-order valence-corrected chi connectivity index (χ3v) is 2.93. The molecule has 0 unspecified atom stereocenters. The van der Waals surface area contributed by atoms with Crippen molar-refractivity contribution in [2.24, 2.45) is 0 Å². The quantitative estimate of drug-likeness (QED) is 0.772. The van der Waals surface area contributed by atoms with Gasteiger partial charge in [0, 0.05) is 6.54 Å². The van der Waals surface area contributed by atoms with Crippen LogP contribution in [0.25, 0.3) is 0 Å². The number of hydrogen-bond donors (Lipinski definition) is 1. The molecule has 0 fully saturated rings. The summed E-state index contributed by atoms with van der Waals surface area (Å²) in [4.78, 5) is 0. The highest BCUT2D eigenvalue weighted by molar-refractivity contribution is 7.13. The van der Waals surface area contributed by atoms with Crippen LogP contribution in [0.4, 0.5) is 0 Å². The van der Waals surface area contributed by atoms with E-state index in [1.165, 1.54) is 11.3 Å². The van der Waals surface area contributed by atoms with Crippen LogP contribution in [-0.4, -0.2) is 30.5 Å². The fourth-order valence-electron chi connectivity index (χ4n) is 1.32. The molecule has 1 heterocycles. The van der Waals surface area contributed by atoms with Gasteiger partial charge in [-0.1, -0.05) is 29.5 Å². The van der Waals surface area contributed by atoms with Crippen molar-refractivity contribution in [3.8, 4) is 10.9 Å². The van der Waals surface area contributed by atoms with Gasteiger partial charge in [-0.3, -0.25) is 0 Å². The Morgan fingerprint density at radius 2 is 1.89 bits per heavy atom. The highest BCUT2D eigenvalue weighted by atomic mass is 32.1. The lowest BCUT2D eigenvalue weighted by Crippen LogP contribution is -2.08. The summed E-state index contributed by atoms with van der Waals surface area (Å²) in [6, 6.07) is 9.65. The third-order valence-electron chi connectivity index (χ3n) is 2.10. The second-order valence-electron chi connectivity index (χ2n) is 3.50. The highest BCUT2D eigenvalue weighted by Gasteiger charge is 2.03. The van der Waals surface area contributed by atoms with E-state index in [4.69, 9.17) is 9.47 Å². The van der Waals surface area contributed by atoms with E-state index in [-0.39, 0.29) is 0 Å². The molecule has 0 aliphatic rings. The minimum absolute atomic E-state index is 0.461. The molecule has 0 saturated heterocycles. The van der Waals surface area contributed by atoms with Gasteiger partial charge in [0.2, 0.25) is 0 Å². The molecule has 1 aromatic carbocycles. The minimum Gasteiger partial charge on any atom is -0.490 e. The number of aromatic nitrogens is 2. The van der Waals surface area contributed by atoms with E-state index < -0.39 is 0 Å². The Balaban J connectivity index is 1.68.